The summed E-state index contributed by atoms with van der Waals surface area (Å²) < 4.78 is 32.4. The second kappa shape index (κ2) is 27.1. The maximum absolute atomic E-state index is 13.5. The van der Waals surface area contributed by atoms with Crippen LogP contribution in [-0.2, 0) is 14.3 Å². The second-order valence-corrected chi connectivity index (χ2v) is 17.8. The molecule has 17 heteroatoms. The monoisotopic (exact) mass is 992 g/mol. The molecule has 3 amide bonds. The quantitative estimate of drug-likeness (QED) is 0.0505. The minimum Gasteiger partial charge on any atom is -0.444 e. The summed E-state index contributed by atoms with van der Waals surface area (Å²) in [6.45, 7) is 16.3. The number of halogens is 2. The topological polar surface area (TPSA) is 187 Å². The van der Waals surface area contributed by atoms with Crippen molar-refractivity contribution in [3.05, 3.63) is 143 Å². The van der Waals surface area contributed by atoms with E-state index in [1.54, 1.807) is 82.6 Å². The van der Waals surface area contributed by atoms with Gasteiger partial charge in [0.2, 0.25) is 23.7 Å². The summed E-state index contributed by atoms with van der Waals surface area (Å²) in [6.07, 6.45) is 5.23. The average Bonchev–Trinajstić information content (AvgIpc) is 3.36. The molecule has 0 aliphatic rings. The van der Waals surface area contributed by atoms with Crippen LogP contribution in [0.15, 0.2) is 109 Å². The Morgan fingerprint density at radius 1 is 0.630 bits per heavy atom. The van der Waals surface area contributed by atoms with Crippen molar-refractivity contribution in [3.8, 4) is 23.7 Å². The normalized spacial score (nSPS) is 11.3. The molecule has 2 atom stereocenters. The van der Waals surface area contributed by atoms with Crippen molar-refractivity contribution in [1.29, 1.82) is 0 Å². The van der Waals surface area contributed by atoms with Gasteiger partial charge in [0.05, 0.1) is 23.5 Å². The maximum Gasteiger partial charge on any atom is 0.410 e. The molecule has 2 aromatic heterocycles. The second-order valence-electron chi connectivity index (χ2n) is 17.8. The van der Waals surface area contributed by atoms with Gasteiger partial charge >= 0.3 is 6.09 Å². The first-order valence-electron chi connectivity index (χ1n) is 24.0. The Balaban J connectivity index is 0.000000276. The molecule has 0 fully saturated rings. The van der Waals surface area contributed by atoms with E-state index in [4.69, 9.17) is 4.74 Å². The van der Waals surface area contributed by atoms with Gasteiger partial charge in [0, 0.05) is 59.9 Å². The van der Waals surface area contributed by atoms with Gasteiger partial charge in [-0.25, -0.2) is 23.5 Å². The Hall–Kier alpha value is -8.57. The van der Waals surface area contributed by atoms with Crippen molar-refractivity contribution in [2.75, 3.05) is 52.0 Å². The van der Waals surface area contributed by atoms with E-state index >= 15 is 0 Å². The summed E-state index contributed by atoms with van der Waals surface area (Å²) in [4.78, 5) is 56.2. The highest BCUT2D eigenvalue weighted by molar-refractivity contribution is 5.96. The molecule has 6 aromatic rings. The molecule has 6 rings (SSSR count). The van der Waals surface area contributed by atoms with Crippen LogP contribution in [0, 0.1) is 41.2 Å². The first kappa shape index (κ1) is 55.4. The van der Waals surface area contributed by atoms with E-state index in [2.05, 4.69) is 82.4 Å². The number of amides is 3. The minimum absolute atomic E-state index is 0.0107. The summed E-state index contributed by atoms with van der Waals surface area (Å²) in [6, 6.07) is 25.9. The average molecular weight is 992 g/mol. The molecule has 2 heterocycles. The molecule has 6 N–H and O–H groups in total. The molecule has 15 nitrogen and oxygen atoms in total. The van der Waals surface area contributed by atoms with Crippen molar-refractivity contribution >= 4 is 64.2 Å². The van der Waals surface area contributed by atoms with E-state index in [-0.39, 0.29) is 29.4 Å². The van der Waals surface area contributed by atoms with Gasteiger partial charge < -0.3 is 36.6 Å². The zero-order valence-corrected chi connectivity index (χ0v) is 42.7. The number of rotatable bonds is 16. The molecule has 0 radical (unpaired) electrons. The van der Waals surface area contributed by atoms with Gasteiger partial charge in [0.1, 0.15) is 34.9 Å². The van der Waals surface area contributed by atoms with E-state index in [1.807, 2.05) is 51.1 Å². The number of ether oxygens (including phenoxy) is 1. The molecule has 0 spiro atoms. The van der Waals surface area contributed by atoms with Crippen LogP contribution in [0.3, 0.4) is 0 Å². The molecular formula is C56H63F2N11O4. The third-order valence-electron chi connectivity index (χ3n) is 10.5. The molecule has 0 bridgehead atoms. The van der Waals surface area contributed by atoms with Crippen molar-refractivity contribution in [2.45, 2.75) is 86.3 Å². The van der Waals surface area contributed by atoms with E-state index in [0.29, 0.717) is 69.5 Å². The first-order valence-corrected chi connectivity index (χ1v) is 24.0. The van der Waals surface area contributed by atoms with E-state index in [0.717, 1.165) is 31.4 Å². The highest BCUT2D eigenvalue weighted by Gasteiger charge is 2.27. The van der Waals surface area contributed by atoms with E-state index < -0.39 is 17.7 Å². The number of carbonyl (C=O) groups excluding carboxylic acids is 3. The third kappa shape index (κ3) is 18.3. The van der Waals surface area contributed by atoms with Crippen LogP contribution < -0.4 is 31.9 Å². The highest BCUT2D eigenvalue weighted by Crippen LogP contribution is 2.21. The molecule has 0 aliphatic heterocycles. The first-order chi connectivity index (χ1) is 34.9. The number of benzene rings is 4. The molecular weight excluding hydrogens is 929 g/mol. The summed E-state index contributed by atoms with van der Waals surface area (Å²) in [5, 5.41) is 18.3. The fourth-order valence-electron chi connectivity index (χ4n) is 6.21. The van der Waals surface area contributed by atoms with Gasteiger partial charge in [-0.1, -0.05) is 75.6 Å². The van der Waals surface area contributed by atoms with Crippen LogP contribution in [0.5, 0.6) is 0 Å². The molecule has 0 saturated heterocycles. The number of likely N-dealkylation sites (N-methyl/N-ethyl adjacent to an activating group) is 1. The Labute approximate surface area is 426 Å². The van der Waals surface area contributed by atoms with Crippen LogP contribution in [-0.4, -0.2) is 74.5 Å². The predicted octanol–water partition coefficient (Wildman–Crippen LogP) is 11.3. The van der Waals surface area contributed by atoms with Crippen molar-refractivity contribution < 1.29 is 27.9 Å². The summed E-state index contributed by atoms with van der Waals surface area (Å²) >= 11 is 0. The SMILES string of the molecule is CCCNc1nc(Nc2cccc(F)c2)ncc1C#Cc1cccc(NC(=O)[C@H](C)CC)c1.CCCNc1nc(Nc2cccc(F)c2)ncc1C#Cc1cccc(NC(=O)[C@H](C)N(C)C(=O)OC(C)(C)C)c1. The molecule has 380 valence electrons. The minimum atomic E-state index is -0.756. The van der Waals surface area contributed by atoms with Gasteiger partial charge in [-0.3, -0.25) is 14.5 Å². The molecule has 0 unspecified atom stereocenters. The van der Waals surface area contributed by atoms with Crippen LogP contribution in [0.1, 0.15) is 96.9 Å². The lowest BCUT2D eigenvalue weighted by molar-refractivity contribution is -0.120. The summed E-state index contributed by atoms with van der Waals surface area (Å²) in [5.41, 5.74) is 4.33. The molecule has 0 aliphatic carbocycles. The molecule has 4 aromatic carbocycles. The van der Waals surface area contributed by atoms with Crippen molar-refractivity contribution in [1.82, 2.24) is 24.8 Å². The number of hydrogen-bond donors (Lipinski definition) is 6. The lowest BCUT2D eigenvalue weighted by atomic mass is 10.1. The Bertz CT molecular complexity index is 2980. The summed E-state index contributed by atoms with van der Waals surface area (Å²) in [7, 11) is 1.52. The smallest absolute Gasteiger partial charge is 0.410 e. The zero-order valence-electron chi connectivity index (χ0n) is 42.7. The van der Waals surface area contributed by atoms with E-state index in [9.17, 15) is 23.2 Å². The Kier molecular flexibility index (Phi) is 20.6. The number of aromatic nitrogens is 4. The lowest BCUT2D eigenvalue weighted by Crippen LogP contribution is -2.45. The third-order valence-corrected chi connectivity index (χ3v) is 10.5. The number of nitrogens with one attached hydrogen (secondary N) is 6. The number of carbonyl (C=O) groups is 3. The standard InChI is InChI=1S/C30H35FN6O3.C26H28FN5O/c1-7-16-32-26-22(19-33-28(36-26)35-25-13-9-11-23(31)18-25)15-14-21-10-8-12-24(17-21)34-27(38)20(2)37(6)29(39)40-30(3,4)5;1-4-14-28-24-20(17-29-26(32-24)31-23-11-7-9-21(27)16-23)13-12-19-8-6-10-22(15-19)30-25(33)18(3)5-2/h8-13,17-20H,7,16H2,1-6H3,(H,34,38)(H2,32,33,35,36);6-11,15-18H,4-5,14H2,1-3H3,(H,30,33)(H2,28,29,31,32)/t20-;18-/m01/s1. The largest absolute Gasteiger partial charge is 0.444 e. The fourth-order valence-corrected chi connectivity index (χ4v) is 6.21. The molecule has 0 saturated carbocycles. The highest BCUT2D eigenvalue weighted by atomic mass is 19.1. The van der Waals surface area contributed by atoms with Gasteiger partial charge in [-0.2, -0.15) is 9.97 Å². The van der Waals surface area contributed by atoms with E-state index in [1.165, 1.54) is 36.2 Å². The van der Waals surface area contributed by atoms with Crippen molar-refractivity contribution in [2.24, 2.45) is 5.92 Å². The summed E-state index contributed by atoms with van der Waals surface area (Å²) in [5.74, 6) is 13.1. The van der Waals surface area contributed by atoms with Crippen LogP contribution in [0.4, 0.5) is 59.9 Å². The number of hydrogen-bond acceptors (Lipinski definition) is 12. The van der Waals surface area contributed by atoms with Crippen LogP contribution in [0.25, 0.3) is 0 Å². The Morgan fingerprint density at radius 2 is 1.07 bits per heavy atom. The van der Waals surface area contributed by atoms with Gasteiger partial charge in [0.25, 0.3) is 0 Å². The fraction of sp³-hybridized carbons (Fsp3) is 0.304. The lowest BCUT2D eigenvalue weighted by Gasteiger charge is -2.28. The van der Waals surface area contributed by atoms with Crippen LogP contribution in [0.2, 0.25) is 0 Å². The zero-order chi connectivity index (χ0) is 52.9. The van der Waals surface area contributed by atoms with Crippen LogP contribution >= 0.6 is 0 Å². The van der Waals surface area contributed by atoms with Crippen molar-refractivity contribution in [3.63, 3.8) is 0 Å². The van der Waals surface area contributed by atoms with Gasteiger partial charge in [-0.05, 0) is 120 Å². The number of anilines is 8. The van der Waals surface area contributed by atoms with Gasteiger partial charge in [0.15, 0.2) is 0 Å². The number of nitrogens with zero attached hydrogens (tertiary/aromatic N) is 5. The Morgan fingerprint density at radius 3 is 1.49 bits per heavy atom. The molecule has 73 heavy (non-hydrogen) atoms. The predicted molar refractivity (Wildman–Crippen MR) is 286 cm³/mol. The maximum atomic E-state index is 13.5. The van der Waals surface area contributed by atoms with Gasteiger partial charge in [-0.15, -0.1) is 0 Å².